The molecule has 1 amide bonds. The number of nitriles is 1. The van der Waals surface area contributed by atoms with Crippen molar-refractivity contribution < 1.29 is 9.53 Å². The molecule has 0 bridgehead atoms. The highest BCUT2D eigenvalue weighted by atomic mass is 16.5. The summed E-state index contributed by atoms with van der Waals surface area (Å²) in [5.41, 5.74) is 2.45. The number of morpholine rings is 1. The lowest BCUT2D eigenvalue weighted by atomic mass is 9.95. The number of ether oxygens (including phenoxy) is 1. The first-order valence-corrected chi connectivity index (χ1v) is 13.7. The first-order valence-electron chi connectivity index (χ1n) is 13.7. The Hall–Kier alpha value is -2.74. The molecule has 0 unspecified atom stereocenters. The quantitative estimate of drug-likeness (QED) is 0.499. The van der Waals surface area contributed by atoms with E-state index in [-0.39, 0.29) is 11.9 Å². The van der Waals surface area contributed by atoms with E-state index in [1.165, 1.54) is 17.7 Å². The molecule has 1 aromatic heterocycles. The molecule has 1 atom stereocenters. The third-order valence-electron chi connectivity index (χ3n) is 8.14. The van der Waals surface area contributed by atoms with Crippen molar-refractivity contribution in [3.05, 3.63) is 23.4 Å². The van der Waals surface area contributed by atoms with Gasteiger partial charge in [0, 0.05) is 70.0 Å². The van der Waals surface area contributed by atoms with E-state index in [2.05, 4.69) is 39.8 Å². The first kappa shape index (κ1) is 25.9. The van der Waals surface area contributed by atoms with Crippen LogP contribution < -0.4 is 9.80 Å². The van der Waals surface area contributed by atoms with Gasteiger partial charge in [0.2, 0.25) is 11.9 Å². The van der Waals surface area contributed by atoms with Crippen molar-refractivity contribution in [1.29, 1.82) is 5.26 Å². The highest BCUT2D eigenvalue weighted by Gasteiger charge is 2.35. The van der Waals surface area contributed by atoms with Crippen molar-refractivity contribution in [2.75, 3.05) is 89.5 Å². The Balaban J connectivity index is 1.29. The molecule has 5 rings (SSSR count). The van der Waals surface area contributed by atoms with Gasteiger partial charge in [-0.15, -0.1) is 0 Å². The minimum absolute atomic E-state index is 0.00567. The minimum atomic E-state index is -0.154. The Labute approximate surface area is 220 Å². The molecule has 200 valence electrons. The van der Waals surface area contributed by atoms with Crippen molar-refractivity contribution >= 4 is 17.7 Å². The van der Waals surface area contributed by atoms with Gasteiger partial charge in [-0.05, 0) is 39.8 Å². The summed E-state index contributed by atoms with van der Waals surface area (Å²) >= 11 is 0. The van der Waals surface area contributed by atoms with E-state index in [1.54, 1.807) is 6.08 Å². The van der Waals surface area contributed by atoms with Crippen molar-refractivity contribution in [1.82, 2.24) is 24.7 Å². The molecule has 10 nitrogen and oxygen atoms in total. The monoisotopic (exact) mass is 508 g/mol. The summed E-state index contributed by atoms with van der Waals surface area (Å²) in [6.07, 6.45) is 8.27. The summed E-state index contributed by atoms with van der Waals surface area (Å²) in [7, 11) is 4.24. The molecule has 10 heteroatoms. The van der Waals surface area contributed by atoms with Crippen molar-refractivity contribution in [3.63, 3.8) is 0 Å². The first-order chi connectivity index (χ1) is 18.0. The average Bonchev–Trinajstić information content (AvgIpc) is 2.88. The number of hydrogen-bond donors (Lipinski definition) is 0. The standard InChI is InChI=1S/C27H40N8O2/c1-31(2)22-19-34(20-22)27-29-24-7-4-3-6-23(24)26(30-27)33-12-13-35(21(18-33)9-10-28)25(36)8-5-11-32-14-16-37-17-15-32/h5,8,21-22H,3-4,6-7,9,11-20H2,1-2H3/b8-5+/t21-/m0/s1. The van der Waals surface area contributed by atoms with Crippen LogP contribution in [0.4, 0.5) is 11.8 Å². The number of carbonyl (C=O) groups excluding carboxylic acids is 1. The van der Waals surface area contributed by atoms with Crippen LogP contribution in [-0.2, 0) is 22.4 Å². The third-order valence-corrected chi connectivity index (χ3v) is 8.14. The van der Waals surface area contributed by atoms with Gasteiger partial charge in [0.1, 0.15) is 5.82 Å². The van der Waals surface area contributed by atoms with Gasteiger partial charge in [0.25, 0.3) is 0 Å². The molecule has 1 aromatic rings. The van der Waals surface area contributed by atoms with Gasteiger partial charge in [0.15, 0.2) is 0 Å². The fourth-order valence-electron chi connectivity index (χ4n) is 5.71. The molecule has 3 aliphatic heterocycles. The number of aryl methyl sites for hydroxylation is 1. The number of piperazine rings is 1. The van der Waals surface area contributed by atoms with Crippen LogP contribution in [0.1, 0.15) is 30.5 Å². The number of amides is 1. The second kappa shape index (κ2) is 11.8. The lowest BCUT2D eigenvalue weighted by Gasteiger charge is -2.44. The van der Waals surface area contributed by atoms with Gasteiger partial charge in [-0.25, -0.2) is 4.98 Å². The zero-order chi connectivity index (χ0) is 25.8. The molecule has 3 fully saturated rings. The van der Waals surface area contributed by atoms with E-state index in [0.717, 1.165) is 77.0 Å². The van der Waals surface area contributed by atoms with Crippen molar-refractivity contribution in [2.24, 2.45) is 0 Å². The second-order valence-electron chi connectivity index (χ2n) is 10.8. The van der Waals surface area contributed by atoms with Crippen molar-refractivity contribution in [2.45, 2.75) is 44.2 Å². The Morgan fingerprint density at radius 3 is 2.62 bits per heavy atom. The summed E-state index contributed by atoms with van der Waals surface area (Å²) < 4.78 is 5.40. The zero-order valence-electron chi connectivity index (χ0n) is 22.3. The van der Waals surface area contributed by atoms with Crippen LogP contribution in [0.2, 0.25) is 0 Å². The van der Waals surface area contributed by atoms with Gasteiger partial charge in [-0.3, -0.25) is 9.69 Å². The van der Waals surface area contributed by atoms with Crippen LogP contribution >= 0.6 is 0 Å². The number of rotatable bonds is 7. The molecule has 37 heavy (non-hydrogen) atoms. The third kappa shape index (κ3) is 5.89. The van der Waals surface area contributed by atoms with E-state index in [0.29, 0.717) is 32.1 Å². The van der Waals surface area contributed by atoms with Crippen LogP contribution in [0, 0.1) is 11.3 Å². The van der Waals surface area contributed by atoms with E-state index in [9.17, 15) is 10.1 Å². The van der Waals surface area contributed by atoms with Crippen LogP contribution in [0.25, 0.3) is 0 Å². The minimum Gasteiger partial charge on any atom is -0.379 e. The smallest absolute Gasteiger partial charge is 0.246 e. The summed E-state index contributed by atoms with van der Waals surface area (Å²) in [5.74, 6) is 1.84. The second-order valence-corrected chi connectivity index (χ2v) is 10.8. The molecule has 0 radical (unpaired) electrons. The molecule has 0 saturated carbocycles. The van der Waals surface area contributed by atoms with Gasteiger partial charge in [0.05, 0.1) is 37.4 Å². The fraction of sp³-hybridized carbons (Fsp3) is 0.704. The van der Waals surface area contributed by atoms with Gasteiger partial charge < -0.3 is 24.3 Å². The number of aromatic nitrogens is 2. The van der Waals surface area contributed by atoms with Crippen LogP contribution in [0.3, 0.4) is 0 Å². The topological polar surface area (TPSA) is 92.1 Å². The highest BCUT2D eigenvalue weighted by molar-refractivity contribution is 5.88. The average molecular weight is 509 g/mol. The van der Waals surface area contributed by atoms with Gasteiger partial charge >= 0.3 is 0 Å². The normalized spacial score (nSPS) is 23.3. The van der Waals surface area contributed by atoms with Crippen molar-refractivity contribution in [3.8, 4) is 6.07 Å². The molecule has 4 heterocycles. The maximum Gasteiger partial charge on any atom is 0.246 e. The summed E-state index contributed by atoms with van der Waals surface area (Å²) in [6, 6.07) is 2.70. The Bertz CT molecular complexity index is 1030. The van der Waals surface area contributed by atoms with E-state index in [1.807, 2.05) is 11.0 Å². The lowest BCUT2D eigenvalue weighted by Crippen LogP contribution is -2.58. The predicted octanol–water partition coefficient (Wildman–Crippen LogP) is 0.925. The highest BCUT2D eigenvalue weighted by Crippen LogP contribution is 2.33. The maximum atomic E-state index is 13.1. The Kier molecular flexibility index (Phi) is 8.23. The number of anilines is 2. The van der Waals surface area contributed by atoms with Crippen LogP contribution in [-0.4, -0.2) is 122 Å². The Morgan fingerprint density at radius 1 is 1.08 bits per heavy atom. The van der Waals surface area contributed by atoms with Gasteiger partial charge in [-0.2, -0.15) is 10.2 Å². The molecule has 0 aromatic carbocycles. The lowest BCUT2D eigenvalue weighted by molar-refractivity contribution is -0.128. The summed E-state index contributed by atoms with van der Waals surface area (Å²) in [6.45, 7) is 7.86. The van der Waals surface area contributed by atoms with Crippen LogP contribution in [0.5, 0.6) is 0 Å². The molecule has 3 saturated heterocycles. The van der Waals surface area contributed by atoms with E-state index >= 15 is 0 Å². The molecule has 4 aliphatic rings. The number of nitrogens with zero attached hydrogens (tertiary/aromatic N) is 8. The fourth-order valence-corrected chi connectivity index (χ4v) is 5.71. The number of fused-ring (bicyclic) bond motifs is 1. The maximum absolute atomic E-state index is 13.1. The SMILES string of the molecule is CN(C)C1CN(c2nc3c(c(N4CCN(C(=O)/C=C/CN5CCOCC5)[C@@H](CC#N)C4)n2)CCCC3)C1. The van der Waals surface area contributed by atoms with E-state index < -0.39 is 0 Å². The van der Waals surface area contributed by atoms with Crippen LogP contribution in [0.15, 0.2) is 12.2 Å². The summed E-state index contributed by atoms with van der Waals surface area (Å²) in [4.78, 5) is 34.2. The predicted molar refractivity (Wildman–Crippen MR) is 143 cm³/mol. The molecular formula is C27H40N8O2. The number of carbonyl (C=O) groups is 1. The largest absolute Gasteiger partial charge is 0.379 e. The molecule has 1 aliphatic carbocycles. The van der Waals surface area contributed by atoms with Gasteiger partial charge in [-0.1, -0.05) is 6.08 Å². The zero-order valence-corrected chi connectivity index (χ0v) is 22.3. The summed E-state index contributed by atoms with van der Waals surface area (Å²) in [5, 5.41) is 9.56. The molecule has 0 spiro atoms. The molecule has 0 N–H and O–H groups in total. The Morgan fingerprint density at radius 2 is 1.86 bits per heavy atom. The molecular weight excluding hydrogens is 468 g/mol. The van der Waals surface area contributed by atoms with E-state index in [4.69, 9.17) is 14.7 Å². The number of hydrogen-bond acceptors (Lipinski definition) is 9. The number of likely N-dealkylation sites (N-methyl/N-ethyl adjacent to an activating group) is 1.